The molecule has 1 aromatic rings. The minimum absolute atomic E-state index is 0.418. The maximum atomic E-state index is 5.73. The normalized spacial score (nSPS) is 10.5. The van der Waals surface area contributed by atoms with Crippen LogP contribution in [0.2, 0.25) is 0 Å². The maximum Gasteiger partial charge on any atom is 0.203 e. The third-order valence-electron chi connectivity index (χ3n) is 2.81. The molecular weight excluding hydrogens is 274 g/mol. The summed E-state index contributed by atoms with van der Waals surface area (Å²) in [6.07, 6.45) is 0. The van der Waals surface area contributed by atoms with Crippen LogP contribution in [0.15, 0.2) is 12.1 Å². The summed E-state index contributed by atoms with van der Waals surface area (Å²) >= 11 is 0. The number of methoxy groups -OCH3 is 3. The molecular formula is C15H25NO5. The highest BCUT2D eigenvalue weighted by Crippen LogP contribution is 2.38. The van der Waals surface area contributed by atoms with Crippen molar-refractivity contribution in [3.8, 4) is 17.2 Å². The highest BCUT2D eigenvalue weighted by atomic mass is 16.6. The lowest BCUT2D eigenvalue weighted by molar-refractivity contribution is 0.0535. The molecule has 0 bridgehead atoms. The second-order valence-electron chi connectivity index (χ2n) is 4.31. The Kier molecular flexibility index (Phi) is 8.57. The van der Waals surface area contributed by atoms with E-state index in [-0.39, 0.29) is 0 Å². The molecule has 0 aliphatic carbocycles. The number of benzene rings is 1. The molecule has 1 rings (SSSR count). The Labute approximate surface area is 126 Å². The summed E-state index contributed by atoms with van der Waals surface area (Å²) in [4.78, 5) is 0. The molecule has 0 radical (unpaired) electrons. The van der Waals surface area contributed by atoms with Crippen molar-refractivity contribution < 1.29 is 23.7 Å². The first-order valence-electron chi connectivity index (χ1n) is 6.85. The van der Waals surface area contributed by atoms with Crippen LogP contribution in [-0.2, 0) is 16.0 Å². The molecule has 0 amide bonds. The molecule has 0 atom stereocenters. The smallest absolute Gasteiger partial charge is 0.203 e. The molecule has 0 saturated carbocycles. The van der Waals surface area contributed by atoms with Crippen LogP contribution in [0.4, 0.5) is 0 Å². The molecule has 0 saturated heterocycles. The summed E-state index contributed by atoms with van der Waals surface area (Å²) in [7, 11) is 6.75. The number of rotatable bonds is 11. The number of ether oxygens (including phenoxy) is 5. The van der Waals surface area contributed by atoms with Crippen molar-refractivity contribution in [2.75, 3.05) is 54.8 Å². The van der Waals surface area contributed by atoms with Crippen molar-refractivity contribution in [1.82, 2.24) is 5.32 Å². The summed E-state index contributed by atoms with van der Waals surface area (Å²) < 4.78 is 26.7. The molecule has 0 spiro atoms. The van der Waals surface area contributed by atoms with Gasteiger partial charge >= 0.3 is 0 Å². The van der Waals surface area contributed by atoms with Gasteiger partial charge in [0, 0.05) is 13.7 Å². The molecule has 6 nitrogen and oxygen atoms in total. The van der Waals surface area contributed by atoms with Gasteiger partial charge in [-0.05, 0) is 24.7 Å². The lowest BCUT2D eigenvalue weighted by Crippen LogP contribution is -2.11. The quantitative estimate of drug-likeness (QED) is 0.624. The van der Waals surface area contributed by atoms with Crippen LogP contribution in [0.1, 0.15) is 5.56 Å². The second-order valence-corrected chi connectivity index (χ2v) is 4.31. The van der Waals surface area contributed by atoms with Crippen molar-refractivity contribution >= 4 is 0 Å². The van der Waals surface area contributed by atoms with Gasteiger partial charge in [-0.25, -0.2) is 0 Å². The fraction of sp³-hybridized carbons (Fsp3) is 0.600. The van der Waals surface area contributed by atoms with Gasteiger partial charge in [-0.1, -0.05) is 0 Å². The van der Waals surface area contributed by atoms with E-state index in [2.05, 4.69) is 5.32 Å². The summed E-state index contributed by atoms with van der Waals surface area (Å²) in [5.41, 5.74) is 1.06. The zero-order valence-corrected chi connectivity index (χ0v) is 13.2. The number of nitrogens with one attached hydrogen (secondary N) is 1. The second kappa shape index (κ2) is 10.3. The van der Waals surface area contributed by atoms with E-state index in [1.54, 1.807) is 21.3 Å². The predicted molar refractivity (Wildman–Crippen MR) is 80.5 cm³/mol. The number of hydrogen-bond donors (Lipinski definition) is 1. The summed E-state index contributed by atoms with van der Waals surface area (Å²) in [6.45, 7) is 2.75. The van der Waals surface area contributed by atoms with Crippen LogP contribution < -0.4 is 19.5 Å². The van der Waals surface area contributed by atoms with Gasteiger partial charge in [0.15, 0.2) is 11.5 Å². The van der Waals surface area contributed by atoms with Crippen LogP contribution in [0.3, 0.4) is 0 Å². The molecule has 1 aromatic carbocycles. The van der Waals surface area contributed by atoms with Crippen LogP contribution in [-0.4, -0.2) is 54.8 Å². The zero-order chi connectivity index (χ0) is 15.5. The Balaban J connectivity index is 2.66. The predicted octanol–water partition coefficient (Wildman–Crippen LogP) is 1.46. The van der Waals surface area contributed by atoms with Crippen LogP contribution in [0.5, 0.6) is 17.2 Å². The Morgan fingerprint density at radius 2 is 1.52 bits per heavy atom. The van der Waals surface area contributed by atoms with Crippen molar-refractivity contribution in [2.24, 2.45) is 0 Å². The van der Waals surface area contributed by atoms with E-state index in [0.717, 1.165) is 12.1 Å². The van der Waals surface area contributed by atoms with Gasteiger partial charge in [-0.2, -0.15) is 0 Å². The SMILES string of the molecule is CNCc1cc(OC)c(OCCOCCOC)c(OC)c1. The first-order valence-corrected chi connectivity index (χ1v) is 6.85. The van der Waals surface area contributed by atoms with Crippen molar-refractivity contribution in [3.05, 3.63) is 17.7 Å². The Morgan fingerprint density at radius 3 is 2.05 bits per heavy atom. The van der Waals surface area contributed by atoms with Crippen molar-refractivity contribution in [1.29, 1.82) is 0 Å². The molecule has 21 heavy (non-hydrogen) atoms. The number of hydrogen-bond acceptors (Lipinski definition) is 6. The fourth-order valence-corrected chi connectivity index (χ4v) is 1.83. The molecule has 1 N–H and O–H groups in total. The van der Waals surface area contributed by atoms with E-state index in [4.69, 9.17) is 23.7 Å². The molecule has 120 valence electrons. The largest absolute Gasteiger partial charge is 0.493 e. The maximum absolute atomic E-state index is 5.73. The van der Waals surface area contributed by atoms with Crippen LogP contribution in [0, 0.1) is 0 Å². The first kappa shape index (κ1) is 17.6. The van der Waals surface area contributed by atoms with Gasteiger partial charge < -0.3 is 29.0 Å². The van der Waals surface area contributed by atoms with Gasteiger partial charge in [-0.3, -0.25) is 0 Å². The highest BCUT2D eigenvalue weighted by molar-refractivity contribution is 5.53. The van der Waals surface area contributed by atoms with Gasteiger partial charge in [-0.15, -0.1) is 0 Å². The standard InChI is InChI=1S/C15H25NO5/c1-16-11-12-9-13(18-3)15(14(10-12)19-4)21-8-7-20-6-5-17-2/h9-10,16H,5-8,11H2,1-4H3. The summed E-state index contributed by atoms with van der Waals surface area (Å²) in [5, 5.41) is 3.09. The van der Waals surface area contributed by atoms with E-state index in [1.807, 2.05) is 19.2 Å². The fourth-order valence-electron chi connectivity index (χ4n) is 1.83. The average Bonchev–Trinajstić information content (AvgIpc) is 2.51. The van der Waals surface area contributed by atoms with E-state index in [9.17, 15) is 0 Å². The van der Waals surface area contributed by atoms with Crippen molar-refractivity contribution in [2.45, 2.75) is 6.54 Å². The van der Waals surface area contributed by atoms with E-state index < -0.39 is 0 Å². The monoisotopic (exact) mass is 299 g/mol. The Morgan fingerprint density at radius 1 is 0.905 bits per heavy atom. The summed E-state index contributed by atoms with van der Waals surface area (Å²) in [5.74, 6) is 1.89. The van der Waals surface area contributed by atoms with Gasteiger partial charge in [0.2, 0.25) is 5.75 Å². The Hall–Kier alpha value is -1.50. The minimum atomic E-state index is 0.418. The third-order valence-corrected chi connectivity index (χ3v) is 2.81. The van der Waals surface area contributed by atoms with Gasteiger partial charge in [0.25, 0.3) is 0 Å². The van der Waals surface area contributed by atoms with Crippen molar-refractivity contribution in [3.63, 3.8) is 0 Å². The van der Waals surface area contributed by atoms with Crippen LogP contribution in [0.25, 0.3) is 0 Å². The molecule has 6 heteroatoms. The van der Waals surface area contributed by atoms with E-state index in [0.29, 0.717) is 43.7 Å². The highest BCUT2D eigenvalue weighted by Gasteiger charge is 2.14. The molecule has 0 heterocycles. The summed E-state index contributed by atoms with van der Waals surface area (Å²) in [6, 6.07) is 3.86. The average molecular weight is 299 g/mol. The van der Waals surface area contributed by atoms with Gasteiger partial charge in [0.05, 0.1) is 34.0 Å². The van der Waals surface area contributed by atoms with E-state index >= 15 is 0 Å². The minimum Gasteiger partial charge on any atom is -0.493 e. The van der Waals surface area contributed by atoms with Crippen LogP contribution >= 0.6 is 0 Å². The third kappa shape index (κ3) is 5.79. The van der Waals surface area contributed by atoms with Gasteiger partial charge in [0.1, 0.15) is 6.61 Å². The molecule has 0 unspecified atom stereocenters. The molecule has 0 aromatic heterocycles. The first-order chi connectivity index (χ1) is 10.3. The Bertz CT molecular complexity index is 386. The lowest BCUT2D eigenvalue weighted by Gasteiger charge is -2.16. The van der Waals surface area contributed by atoms with E-state index in [1.165, 1.54) is 0 Å². The molecule has 0 aliphatic rings. The topological polar surface area (TPSA) is 58.2 Å². The lowest BCUT2D eigenvalue weighted by atomic mass is 10.2. The zero-order valence-electron chi connectivity index (χ0n) is 13.2. The molecule has 0 fully saturated rings. The molecule has 0 aliphatic heterocycles.